The Hall–Kier alpha value is -2.03. The van der Waals surface area contributed by atoms with Crippen LogP contribution in [0.4, 0.5) is 0 Å². The monoisotopic (exact) mass is 198 g/mol. The van der Waals surface area contributed by atoms with E-state index in [0.29, 0.717) is 5.69 Å². The molecule has 1 heterocycles. The highest BCUT2D eigenvalue weighted by Crippen LogP contribution is 2.09. The molecule has 1 aromatic carbocycles. The van der Waals surface area contributed by atoms with E-state index in [1.165, 1.54) is 13.0 Å². The fourth-order valence-corrected chi connectivity index (χ4v) is 1.25. The van der Waals surface area contributed by atoms with Crippen molar-refractivity contribution in [3.63, 3.8) is 0 Å². The highest BCUT2D eigenvalue weighted by atomic mass is 16.1. The van der Waals surface area contributed by atoms with Crippen molar-refractivity contribution in [1.29, 1.82) is 0 Å². The van der Waals surface area contributed by atoms with Crippen LogP contribution in [0.15, 0.2) is 36.5 Å². The topological polar surface area (TPSA) is 42.9 Å². The zero-order chi connectivity index (χ0) is 10.7. The summed E-state index contributed by atoms with van der Waals surface area (Å²) in [7, 11) is 0. The number of aromatic nitrogens is 2. The first-order valence-corrected chi connectivity index (χ1v) is 4.66. The number of hydrogen-bond donors (Lipinski definition) is 0. The number of allylic oxidation sites excluding steroid dienone is 1. The molecule has 0 amide bonds. The van der Waals surface area contributed by atoms with Crippen molar-refractivity contribution in [3.05, 3.63) is 42.2 Å². The maximum Gasteiger partial charge on any atom is 0.152 e. The third-order valence-corrected chi connectivity index (χ3v) is 1.96. The summed E-state index contributed by atoms with van der Waals surface area (Å²) < 4.78 is 0. The lowest BCUT2D eigenvalue weighted by Crippen LogP contribution is -1.87. The number of benzene rings is 1. The highest BCUT2D eigenvalue weighted by Gasteiger charge is 1.95. The molecule has 0 aliphatic carbocycles. The third kappa shape index (κ3) is 2.26. The van der Waals surface area contributed by atoms with Gasteiger partial charge >= 0.3 is 0 Å². The molecule has 74 valence electrons. The number of carbonyl (C=O) groups excluding carboxylic acids is 1. The van der Waals surface area contributed by atoms with Crippen LogP contribution in [0.5, 0.6) is 0 Å². The van der Waals surface area contributed by atoms with Crippen LogP contribution in [-0.4, -0.2) is 15.8 Å². The Morgan fingerprint density at radius 1 is 1.27 bits per heavy atom. The predicted octanol–water partition coefficient (Wildman–Crippen LogP) is 2.23. The molecule has 0 radical (unpaired) electrons. The third-order valence-electron chi connectivity index (χ3n) is 1.96. The van der Waals surface area contributed by atoms with Gasteiger partial charge in [0.25, 0.3) is 0 Å². The second kappa shape index (κ2) is 4.00. The predicted molar refractivity (Wildman–Crippen MR) is 59.3 cm³/mol. The van der Waals surface area contributed by atoms with Crippen LogP contribution in [-0.2, 0) is 4.79 Å². The van der Waals surface area contributed by atoms with E-state index >= 15 is 0 Å². The minimum absolute atomic E-state index is 0.00459. The summed E-state index contributed by atoms with van der Waals surface area (Å²) in [6, 6.07) is 7.63. The molecule has 1 aromatic heterocycles. The second-order valence-corrected chi connectivity index (χ2v) is 3.23. The van der Waals surface area contributed by atoms with Crippen LogP contribution in [0.2, 0.25) is 0 Å². The Bertz CT molecular complexity index is 532. The Morgan fingerprint density at radius 3 is 2.73 bits per heavy atom. The summed E-state index contributed by atoms with van der Waals surface area (Å²) in [6.07, 6.45) is 4.81. The lowest BCUT2D eigenvalue weighted by Gasteiger charge is -1.96. The van der Waals surface area contributed by atoms with E-state index in [0.717, 1.165) is 11.0 Å². The Balaban J connectivity index is 2.43. The van der Waals surface area contributed by atoms with E-state index in [1.807, 2.05) is 24.3 Å². The molecule has 0 fully saturated rings. The normalized spacial score (nSPS) is 11.0. The molecule has 0 spiro atoms. The Morgan fingerprint density at radius 2 is 2.00 bits per heavy atom. The molecule has 0 aliphatic rings. The summed E-state index contributed by atoms with van der Waals surface area (Å²) in [4.78, 5) is 19.3. The van der Waals surface area contributed by atoms with Crippen molar-refractivity contribution >= 4 is 22.9 Å². The van der Waals surface area contributed by atoms with Crippen molar-refractivity contribution in [2.45, 2.75) is 6.92 Å². The standard InChI is InChI=1S/C12H10N2O/c1-9(15)6-7-10-8-13-11-4-2-3-5-12(11)14-10/h2-8H,1H3. The second-order valence-electron chi connectivity index (χ2n) is 3.23. The van der Waals surface area contributed by atoms with E-state index in [1.54, 1.807) is 12.3 Å². The highest BCUT2D eigenvalue weighted by molar-refractivity contribution is 5.91. The first kappa shape index (κ1) is 9.52. The first-order chi connectivity index (χ1) is 7.25. The maximum absolute atomic E-state index is 10.7. The van der Waals surface area contributed by atoms with E-state index in [-0.39, 0.29) is 5.78 Å². The van der Waals surface area contributed by atoms with Crippen molar-refractivity contribution in [1.82, 2.24) is 9.97 Å². The van der Waals surface area contributed by atoms with E-state index in [2.05, 4.69) is 9.97 Å². The van der Waals surface area contributed by atoms with Gasteiger partial charge in [-0.05, 0) is 31.2 Å². The Kier molecular flexibility index (Phi) is 2.54. The van der Waals surface area contributed by atoms with Gasteiger partial charge in [-0.25, -0.2) is 4.98 Å². The molecule has 3 nitrogen and oxygen atoms in total. The fraction of sp³-hybridized carbons (Fsp3) is 0.0833. The molecule has 0 atom stereocenters. The van der Waals surface area contributed by atoms with Crippen LogP contribution < -0.4 is 0 Å². The lowest BCUT2D eigenvalue weighted by atomic mass is 10.3. The van der Waals surface area contributed by atoms with Gasteiger partial charge < -0.3 is 0 Å². The van der Waals surface area contributed by atoms with Crippen LogP contribution >= 0.6 is 0 Å². The van der Waals surface area contributed by atoms with Gasteiger partial charge in [-0.2, -0.15) is 0 Å². The molecule has 0 N–H and O–H groups in total. The van der Waals surface area contributed by atoms with Crippen LogP contribution in [0.1, 0.15) is 12.6 Å². The van der Waals surface area contributed by atoms with Gasteiger partial charge in [0.1, 0.15) is 0 Å². The molecule has 15 heavy (non-hydrogen) atoms. The van der Waals surface area contributed by atoms with Gasteiger partial charge in [-0.15, -0.1) is 0 Å². The number of rotatable bonds is 2. The number of ketones is 1. The van der Waals surface area contributed by atoms with Gasteiger partial charge in [0.2, 0.25) is 0 Å². The summed E-state index contributed by atoms with van der Waals surface area (Å²) in [6.45, 7) is 1.50. The quantitative estimate of drug-likeness (QED) is 0.695. The van der Waals surface area contributed by atoms with Crippen molar-refractivity contribution in [2.24, 2.45) is 0 Å². The summed E-state index contributed by atoms with van der Waals surface area (Å²) in [5, 5.41) is 0. The molecular weight excluding hydrogens is 188 g/mol. The number of nitrogens with zero attached hydrogens (tertiary/aromatic N) is 2. The van der Waals surface area contributed by atoms with Gasteiger partial charge in [0.05, 0.1) is 22.9 Å². The average Bonchev–Trinajstić information content (AvgIpc) is 2.26. The lowest BCUT2D eigenvalue weighted by molar-refractivity contribution is -0.112. The SMILES string of the molecule is CC(=O)C=Cc1cnc2ccccc2n1. The minimum atomic E-state index is 0.00459. The zero-order valence-corrected chi connectivity index (χ0v) is 8.34. The largest absolute Gasteiger partial charge is 0.295 e. The number of hydrogen-bond acceptors (Lipinski definition) is 3. The van der Waals surface area contributed by atoms with Gasteiger partial charge in [-0.3, -0.25) is 9.78 Å². The summed E-state index contributed by atoms with van der Waals surface area (Å²) in [5.74, 6) is 0.00459. The molecular formula is C12H10N2O. The molecule has 3 heteroatoms. The number of carbonyl (C=O) groups is 1. The number of fused-ring (bicyclic) bond motifs is 1. The van der Waals surface area contributed by atoms with Gasteiger partial charge in [0.15, 0.2) is 5.78 Å². The molecule has 0 aliphatic heterocycles. The van der Waals surface area contributed by atoms with Crippen molar-refractivity contribution in [2.75, 3.05) is 0 Å². The number of para-hydroxylation sites is 2. The molecule has 0 saturated carbocycles. The van der Waals surface area contributed by atoms with E-state index in [9.17, 15) is 4.79 Å². The molecule has 0 unspecified atom stereocenters. The van der Waals surface area contributed by atoms with Crippen LogP contribution in [0, 0.1) is 0 Å². The molecule has 2 rings (SSSR count). The maximum atomic E-state index is 10.7. The fourth-order valence-electron chi connectivity index (χ4n) is 1.25. The van der Waals surface area contributed by atoms with Gasteiger partial charge in [-0.1, -0.05) is 12.1 Å². The summed E-state index contributed by atoms with van der Waals surface area (Å²) in [5.41, 5.74) is 2.39. The molecule has 0 bridgehead atoms. The summed E-state index contributed by atoms with van der Waals surface area (Å²) >= 11 is 0. The minimum Gasteiger partial charge on any atom is -0.295 e. The smallest absolute Gasteiger partial charge is 0.152 e. The first-order valence-electron chi connectivity index (χ1n) is 4.66. The van der Waals surface area contributed by atoms with E-state index < -0.39 is 0 Å². The van der Waals surface area contributed by atoms with Crippen LogP contribution in [0.3, 0.4) is 0 Å². The zero-order valence-electron chi connectivity index (χ0n) is 8.34. The van der Waals surface area contributed by atoms with Gasteiger partial charge in [0, 0.05) is 0 Å². The molecule has 0 saturated heterocycles. The van der Waals surface area contributed by atoms with Crippen LogP contribution in [0.25, 0.3) is 17.1 Å². The average molecular weight is 198 g/mol. The van der Waals surface area contributed by atoms with E-state index in [4.69, 9.17) is 0 Å². The molecule has 2 aromatic rings. The van der Waals surface area contributed by atoms with Crippen molar-refractivity contribution < 1.29 is 4.79 Å². The van der Waals surface area contributed by atoms with Crippen molar-refractivity contribution in [3.8, 4) is 0 Å². The Labute approximate surface area is 87.5 Å².